The maximum atomic E-state index is 13.6. The van der Waals surface area contributed by atoms with E-state index in [1.807, 2.05) is 0 Å². The first-order valence-electron chi connectivity index (χ1n) is 14.2. The van der Waals surface area contributed by atoms with Crippen LogP contribution in [-0.2, 0) is 35.0 Å². The molecule has 250 valence electrons. The third-order valence-corrected chi connectivity index (χ3v) is 4.75. The highest BCUT2D eigenvalue weighted by Crippen LogP contribution is 2.30. The van der Waals surface area contributed by atoms with Crippen molar-refractivity contribution in [3.05, 3.63) is 6.33 Å². The minimum atomic E-state index is -1.22. The quantitative estimate of drug-likeness (QED) is 0.286. The summed E-state index contributed by atoms with van der Waals surface area (Å²) in [5.74, 6) is -1.84. The first-order valence-corrected chi connectivity index (χ1v) is 14.2. The van der Waals surface area contributed by atoms with Gasteiger partial charge in [-0.25, -0.2) is 24.2 Å². The van der Waals surface area contributed by atoms with Crippen LogP contribution in [-0.4, -0.2) is 78.9 Å². The van der Waals surface area contributed by atoms with Crippen LogP contribution in [0.15, 0.2) is 6.33 Å². The van der Waals surface area contributed by atoms with Gasteiger partial charge in [0.15, 0.2) is 17.0 Å². The van der Waals surface area contributed by atoms with Crippen molar-refractivity contribution in [2.45, 2.75) is 119 Å². The molecule has 16 heteroatoms. The van der Waals surface area contributed by atoms with Gasteiger partial charge in [0, 0.05) is 0 Å². The predicted octanol–water partition coefficient (Wildman–Crippen LogP) is 5.74. The number of imidazole rings is 1. The second-order valence-electron chi connectivity index (χ2n) is 13.8. The molecular formula is C29H44N6O10. The standard InChI is InChI=1S/C29H44N6O10/c1-14-41-17(36)15-33-16-30-18-19(33)31-21(35(24(39)44-28(8,9)10)25(40)45-29(11,12)13)32-20(18)34(22(37)42-26(2,3)4)23(38)43-27(5,6)7/h16H,14-15H2,1-13H3. The molecule has 0 aliphatic carbocycles. The average molecular weight is 637 g/mol. The zero-order valence-corrected chi connectivity index (χ0v) is 28.3. The van der Waals surface area contributed by atoms with Gasteiger partial charge < -0.3 is 28.3 Å². The summed E-state index contributed by atoms with van der Waals surface area (Å²) in [6, 6.07) is 0. The molecular weight excluding hydrogens is 592 g/mol. The second-order valence-corrected chi connectivity index (χ2v) is 13.8. The fourth-order valence-corrected chi connectivity index (χ4v) is 3.35. The molecule has 0 N–H and O–H groups in total. The summed E-state index contributed by atoms with van der Waals surface area (Å²) < 4.78 is 28.2. The van der Waals surface area contributed by atoms with Gasteiger partial charge in [-0.15, -0.1) is 4.90 Å². The Hall–Kier alpha value is -4.50. The molecule has 0 aliphatic rings. The maximum absolute atomic E-state index is 13.6. The van der Waals surface area contributed by atoms with Crippen molar-refractivity contribution < 1.29 is 47.7 Å². The van der Waals surface area contributed by atoms with Crippen molar-refractivity contribution in [2.24, 2.45) is 0 Å². The molecule has 2 aromatic heterocycles. The van der Waals surface area contributed by atoms with Gasteiger partial charge in [-0.3, -0.25) is 4.79 Å². The monoisotopic (exact) mass is 636 g/mol. The molecule has 4 amide bonds. The number of carbonyl (C=O) groups excluding carboxylic acids is 5. The lowest BCUT2D eigenvalue weighted by Crippen LogP contribution is -2.46. The molecule has 0 saturated carbocycles. The highest BCUT2D eigenvalue weighted by atomic mass is 16.6. The van der Waals surface area contributed by atoms with Crippen LogP contribution in [0.1, 0.15) is 90.0 Å². The van der Waals surface area contributed by atoms with Gasteiger partial charge in [-0.1, -0.05) is 0 Å². The summed E-state index contributed by atoms with van der Waals surface area (Å²) in [5, 5.41) is 0. The molecule has 0 radical (unpaired) electrons. The van der Waals surface area contributed by atoms with Gasteiger partial charge in [0.1, 0.15) is 28.9 Å². The van der Waals surface area contributed by atoms with Crippen LogP contribution < -0.4 is 9.80 Å². The molecule has 0 spiro atoms. The largest absolute Gasteiger partial charge is 0.465 e. The fourth-order valence-electron chi connectivity index (χ4n) is 3.35. The lowest BCUT2D eigenvalue weighted by atomic mass is 10.2. The van der Waals surface area contributed by atoms with Gasteiger partial charge in [0.05, 0.1) is 12.9 Å². The summed E-state index contributed by atoms with van der Waals surface area (Å²) in [7, 11) is 0. The molecule has 0 aliphatic heterocycles. The minimum absolute atomic E-state index is 0.0904. The van der Waals surface area contributed by atoms with Crippen LogP contribution >= 0.6 is 0 Å². The van der Waals surface area contributed by atoms with E-state index in [1.54, 1.807) is 90.0 Å². The van der Waals surface area contributed by atoms with Crippen LogP contribution in [0.25, 0.3) is 11.2 Å². The van der Waals surface area contributed by atoms with Crippen molar-refractivity contribution in [3.8, 4) is 0 Å². The van der Waals surface area contributed by atoms with Gasteiger partial charge >= 0.3 is 30.3 Å². The molecule has 2 aromatic rings. The third-order valence-electron chi connectivity index (χ3n) is 4.75. The van der Waals surface area contributed by atoms with Crippen molar-refractivity contribution in [1.29, 1.82) is 0 Å². The molecule has 0 fully saturated rings. The second kappa shape index (κ2) is 13.2. The smallest absolute Gasteiger partial charge is 0.427 e. The number of imide groups is 2. The molecule has 2 rings (SSSR count). The number of hydrogen-bond donors (Lipinski definition) is 0. The summed E-state index contributed by atoms with van der Waals surface area (Å²) in [6.45, 7) is 20.3. The number of anilines is 2. The number of carbonyl (C=O) groups is 5. The summed E-state index contributed by atoms with van der Waals surface area (Å²) in [6.07, 6.45) is -3.66. The Labute approximate surface area is 262 Å². The molecule has 2 heterocycles. The number of fused-ring (bicyclic) bond motifs is 1. The highest BCUT2D eigenvalue weighted by molar-refractivity contribution is 6.14. The van der Waals surface area contributed by atoms with E-state index in [2.05, 4.69) is 15.0 Å². The first-order chi connectivity index (χ1) is 20.3. The van der Waals surface area contributed by atoms with E-state index in [4.69, 9.17) is 23.7 Å². The van der Waals surface area contributed by atoms with Gasteiger partial charge in [-0.05, 0) is 90.0 Å². The average Bonchev–Trinajstić information content (AvgIpc) is 3.17. The van der Waals surface area contributed by atoms with Gasteiger partial charge in [0.2, 0.25) is 5.95 Å². The Morgan fingerprint density at radius 1 is 0.667 bits per heavy atom. The van der Waals surface area contributed by atoms with Crippen molar-refractivity contribution in [3.63, 3.8) is 0 Å². The molecule has 45 heavy (non-hydrogen) atoms. The van der Waals surface area contributed by atoms with Gasteiger partial charge in [-0.2, -0.15) is 14.9 Å². The van der Waals surface area contributed by atoms with E-state index < -0.39 is 71.1 Å². The van der Waals surface area contributed by atoms with E-state index in [0.717, 1.165) is 0 Å². The first kappa shape index (κ1) is 36.7. The molecule has 0 bridgehead atoms. The van der Waals surface area contributed by atoms with Crippen LogP contribution in [0.4, 0.5) is 30.9 Å². The SMILES string of the molecule is CCOC(=O)Cn1cnc2c(N(C(=O)OC(C)(C)C)C(=O)OC(C)(C)C)nc(N(C(=O)OC(C)(C)C)C(=O)OC(C)(C)C)nc21. The number of nitrogens with zero attached hydrogens (tertiary/aromatic N) is 6. The number of esters is 1. The highest BCUT2D eigenvalue weighted by Gasteiger charge is 2.40. The van der Waals surface area contributed by atoms with E-state index in [9.17, 15) is 24.0 Å². The molecule has 0 aromatic carbocycles. The maximum Gasteiger partial charge on any atom is 0.427 e. The zero-order chi connectivity index (χ0) is 34.7. The molecule has 0 atom stereocenters. The normalized spacial score (nSPS) is 12.3. The third kappa shape index (κ3) is 10.9. The van der Waals surface area contributed by atoms with Gasteiger partial charge in [0.25, 0.3) is 0 Å². The summed E-state index contributed by atoms with van der Waals surface area (Å²) in [5.41, 5.74) is -4.63. The molecule has 0 unspecified atom stereocenters. The van der Waals surface area contributed by atoms with E-state index in [-0.39, 0.29) is 17.8 Å². The van der Waals surface area contributed by atoms with Crippen molar-refractivity contribution in [2.75, 3.05) is 16.4 Å². The van der Waals surface area contributed by atoms with E-state index in [1.165, 1.54) is 10.9 Å². The van der Waals surface area contributed by atoms with E-state index in [0.29, 0.717) is 9.80 Å². The lowest BCUT2D eigenvalue weighted by molar-refractivity contribution is -0.143. The minimum Gasteiger partial charge on any atom is -0.465 e. The van der Waals surface area contributed by atoms with Crippen LogP contribution in [0.5, 0.6) is 0 Å². The number of rotatable bonds is 5. The number of amides is 4. The Balaban J connectivity index is 3.00. The van der Waals surface area contributed by atoms with Crippen LogP contribution in [0, 0.1) is 0 Å². The van der Waals surface area contributed by atoms with Crippen LogP contribution in [0.3, 0.4) is 0 Å². The Kier molecular flexibility index (Phi) is 10.8. The van der Waals surface area contributed by atoms with Crippen molar-refractivity contribution >= 4 is 53.3 Å². The fraction of sp³-hybridized carbons (Fsp3) is 0.655. The Morgan fingerprint density at radius 2 is 1.07 bits per heavy atom. The topological polar surface area (TPSA) is 182 Å². The summed E-state index contributed by atoms with van der Waals surface area (Å²) >= 11 is 0. The van der Waals surface area contributed by atoms with Crippen LogP contribution in [0.2, 0.25) is 0 Å². The lowest BCUT2D eigenvalue weighted by Gasteiger charge is -2.29. The van der Waals surface area contributed by atoms with E-state index >= 15 is 0 Å². The number of ether oxygens (including phenoxy) is 5. The zero-order valence-electron chi connectivity index (χ0n) is 28.3. The Morgan fingerprint density at radius 3 is 1.44 bits per heavy atom. The molecule has 16 nitrogen and oxygen atoms in total. The predicted molar refractivity (Wildman–Crippen MR) is 162 cm³/mol. The van der Waals surface area contributed by atoms with Crippen molar-refractivity contribution in [1.82, 2.24) is 19.5 Å². The Bertz CT molecular complexity index is 1380. The number of hydrogen-bond acceptors (Lipinski definition) is 13. The number of aromatic nitrogens is 4. The molecule has 0 saturated heterocycles. The summed E-state index contributed by atoms with van der Waals surface area (Å²) in [4.78, 5) is 80.2.